The number of nitrogens with zero attached hydrogens (tertiary/aromatic N) is 2. The van der Waals surface area contributed by atoms with Crippen molar-refractivity contribution in [3.8, 4) is 0 Å². The Morgan fingerprint density at radius 3 is 2.28 bits per heavy atom. The summed E-state index contributed by atoms with van der Waals surface area (Å²) in [6.07, 6.45) is -0.171. The van der Waals surface area contributed by atoms with Crippen molar-refractivity contribution in [3.63, 3.8) is 0 Å². The third-order valence-electron chi connectivity index (χ3n) is 7.64. The fourth-order valence-electron chi connectivity index (χ4n) is 5.06. The molecule has 0 bridgehead atoms. The van der Waals surface area contributed by atoms with Crippen LogP contribution in [-0.4, -0.2) is 71.5 Å². The number of hydrogen-bond acceptors (Lipinski definition) is 6. The van der Waals surface area contributed by atoms with Crippen LogP contribution in [0.15, 0.2) is 84.2 Å². The first-order valence-electron chi connectivity index (χ1n) is 14.4. The average molecular weight is 601 g/mol. The van der Waals surface area contributed by atoms with Crippen molar-refractivity contribution in [2.24, 2.45) is 5.73 Å². The number of amides is 3. The number of likely N-dealkylation sites (N-methyl/N-ethyl adjacent to an activating group) is 2. The molecule has 0 saturated heterocycles. The molecule has 8 nitrogen and oxygen atoms in total. The number of fused-ring (bicyclic) bond motifs is 1. The molecule has 1 heterocycles. The van der Waals surface area contributed by atoms with Gasteiger partial charge in [0.15, 0.2) is 0 Å². The highest BCUT2D eigenvalue weighted by molar-refractivity contribution is 7.09. The first-order valence-corrected chi connectivity index (χ1v) is 15.3. The van der Waals surface area contributed by atoms with Gasteiger partial charge in [0.2, 0.25) is 11.8 Å². The van der Waals surface area contributed by atoms with Gasteiger partial charge < -0.3 is 26.0 Å². The summed E-state index contributed by atoms with van der Waals surface area (Å²) >= 11 is 1.50. The van der Waals surface area contributed by atoms with Crippen LogP contribution in [0, 0.1) is 0 Å². The molecule has 3 aromatic carbocycles. The van der Waals surface area contributed by atoms with Gasteiger partial charge in [-0.05, 0) is 59.3 Å². The lowest BCUT2D eigenvalue weighted by molar-refractivity contribution is -0.142. The number of hydrogen-bond donors (Lipinski definition) is 3. The summed E-state index contributed by atoms with van der Waals surface area (Å²) < 4.78 is 0. The third-order valence-corrected chi connectivity index (χ3v) is 8.54. The van der Waals surface area contributed by atoms with Crippen LogP contribution in [0.3, 0.4) is 0 Å². The summed E-state index contributed by atoms with van der Waals surface area (Å²) in [4.78, 5) is 45.4. The minimum absolute atomic E-state index is 0.0661. The maximum Gasteiger partial charge on any atom is 0.254 e. The minimum atomic E-state index is -0.895. The van der Waals surface area contributed by atoms with Crippen LogP contribution in [0.5, 0.6) is 0 Å². The third kappa shape index (κ3) is 8.07. The standard InChI is InChI=1S/C34H40N4O4S/c1-22(39)21-36-32(40)30(20-29-13-8-16-43-29)37(3)34(42)31(18-24-14-15-25-9-5-6-10-27(25)17-24)38(4)33(41)28-12-7-11-26(19-28)23(2)35/h5-17,19,22-23,30-31,39H,18,20-21,35H2,1-4H3,(H,36,40)/t22-,23?,30-,31-/m1/s1. The second-order valence-electron chi connectivity index (χ2n) is 11.1. The molecule has 0 spiro atoms. The Hall–Kier alpha value is -4.05. The van der Waals surface area contributed by atoms with E-state index in [-0.39, 0.29) is 36.7 Å². The molecule has 1 unspecified atom stereocenters. The van der Waals surface area contributed by atoms with Gasteiger partial charge in [0, 0.05) is 50.0 Å². The van der Waals surface area contributed by atoms with E-state index in [0.717, 1.165) is 26.8 Å². The van der Waals surface area contributed by atoms with E-state index in [2.05, 4.69) is 5.32 Å². The number of aliphatic hydroxyl groups excluding tert-OH is 1. The summed E-state index contributed by atoms with van der Waals surface area (Å²) in [6, 6.07) is 23.0. The molecule has 0 saturated carbocycles. The maximum atomic E-state index is 14.4. The van der Waals surface area contributed by atoms with Crippen molar-refractivity contribution in [2.75, 3.05) is 20.6 Å². The first kappa shape index (κ1) is 31.9. The zero-order chi connectivity index (χ0) is 31.1. The smallest absolute Gasteiger partial charge is 0.254 e. The van der Waals surface area contributed by atoms with Gasteiger partial charge in [-0.2, -0.15) is 0 Å². The number of rotatable bonds is 12. The van der Waals surface area contributed by atoms with Gasteiger partial charge >= 0.3 is 0 Å². The normalized spacial score (nSPS) is 14.0. The Balaban J connectivity index is 1.69. The first-order chi connectivity index (χ1) is 20.5. The van der Waals surface area contributed by atoms with E-state index >= 15 is 0 Å². The number of nitrogens with one attached hydrogen (secondary N) is 1. The quantitative estimate of drug-likeness (QED) is 0.226. The van der Waals surface area contributed by atoms with Crippen LogP contribution < -0.4 is 11.1 Å². The van der Waals surface area contributed by atoms with Gasteiger partial charge in [-0.3, -0.25) is 14.4 Å². The van der Waals surface area contributed by atoms with E-state index in [1.54, 1.807) is 39.2 Å². The number of aliphatic hydroxyl groups is 1. The molecule has 4 aromatic rings. The molecule has 9 heteroatoms. The van der Waals surface area contributed by atoms with E-state index < -0.39 is 18.2 Å². The Morgan fingerprint density at radius 1 is 0.860 bits per heavy atom. The van der Waals surface area contributed by atoms with Crippen LogP contribution in [0.25, 0.3) is 10.8 Å². The Bertz CT molecular complexity index is 1550. The van der Waals surface area contributed by atoms with Crippen LogP contribution in [0.2, 0.25) is 0 Å². The number of carbonyl (C=O) groups excluding carboxylic acids is 3. The van der Waals surface area contributed by atoms with Crippen molar-refractivity contribution in [1.82, 2.24) is 15.1 Å². The lowest BCUT2D eigenvalue weighted by Crippen LogP contribution is -2.56. The van der Waals surface area contributed by atoms with E-state index in [4.69, 9.17) is 5.73 Å². The zero-order valence-electron chi connectivity index (χ0n) is 25.1. The van der Waals surface area contributed by atoms with Crippen molar-refractivity contribution in [3.05, 3.63) is 106 Å². The van der Waals surface area contributed by atoms with E-state index in [0.29, 0.717) is 12.0 Å². The highest BCUT2D eigenvalue weighted by Gasteiger charge is 2.35. The highest BCUT2D eigenvalue weighted by atomic mass is 32.1. The summed E-state index contributed by atoms with van der Waals surface area (Å²) in [5.41, 5.74) is 8.22. The molecule has 1 aromatic heterocycles. The summed E-state index contributed by atoms with van der Waals surface area (Å²) in [5, 5.41) is 16.6. The Kier molecular flexibility index (Phi) is 10.7. The van der Waals surface area contributed by atoms with Crippen LogP contribution in [0.1, 0.15) is 46.3 Å². The van der Waals surface area contributed by atoms with E-state index in [1.165, 1.54) is 21.1 Å². The van der Waals surface area contributed by atoms with Gasteiger partial charge in [-0.25, -0.2) is 0 Å². The predicted octanol–water partition coefficient (Wildman–Crippen LogP) is 4.17. The molecule has 4 atom stereocenters. The van der Waals surface area contributed by atoms with Crippen molar-refractivity contribution < 1.29 is 19.5 Å². The summed E-state index contributed by atoms with van der Waals surface area (Å²) in [6.45, 7) is 3.51. The number of benzene rings is 3. The van der Waals surface area contributed by atoms with Crippen molar-refractivity contribution in [1.29, 1.82) is 0 Å². The molecule has 0 aliphatic carbocycles. The topological polar surface area (TPSA) is 116 Å². The lowest BCUT2D eigenvalue weighted by atomic mass is 9.98. The number of thiophene rings is 1. The molecule has 4 N–H and O–H groups in total. The largest absolute Gasteiger partial charge is 0.392 e. The second-order valence-corrected chi connectivity index (χ2v) is 12.1. The van der Waals surface area contributed by atoms with Gasteiger partial charge in [-0.1, -0.05) is 60.7 Å². The maximum absolute atomic E-state index is 14.4. The minimum Gasteiger partial charge on any atom is -0.392 e. The van der Waals surface area contributed by atoms with E-state index in [9.17, 15) is 19.5 Å². The monoisotopic (exact) mass is 600 g/mol. The van der Waals surface area contributed by atoms with Crippen molar-refractivity contribution in [2.45, 2.75) is 50.9 Å². The fraction of sp³-hybridized carbons (Fsp3) is 0.324. The van der Waals surface area contributed by atoms with Gasteiger partial charge in [0.05, 0.1) is 6.10 Å². The van der Waals surface area contributed by atoms with Crippen LogP contribution in [-0.2, 0) is 22.4 Å². The highest BCUT2D eigenvalue weighted by Crippen LogP contribution is 2.22. The average Bonchev–Trinajstić information content (AvgIpc) is 3.53. The van der Waals surface area contributed by atoms with Crippen LogP contribution in [0.4, 0.5) is 0 Å². The number of carbonyl (C=O) groups is 3. The van der Waals surface area contributed by atoms with Gasteiger partial charge in [0.1, 0.15) is 12.1 Å². The zero-order valence-corrected chi connectivity index (χ0v) is 25.9. The molecule has 4 rings (SSSR count). The second kappa shape index (κ2) is 14.4. The number of nitrogens with two attached hydrogens (primary N) is 1. The molecular formula is C34H40N4O4S. The molecule has 0 aliphatic heterocycles. The molecule has 0 fully saturated rings. The molecule has 0 radical (unpaired) electrons. The molecule has 226 valence electrons. The lowest BCUT2D eigenvalue weighted by Gasteiger charge is -2.34. The van der Waals surface area contributed by atoms with Crippen LogP contribution >= 0.6 is 11.3 Å². The predicted molar refractivity (Wildman–Crippen MR) is 172 cm³/mol. The molecule has 43 heavy (non-hydrogen) atoms. The SMILES string of the molecule is CC(N)c1cccc(C(=O)N(C)[C@H](Cc2ccc3ccccc3c2)C(=O)N(C)[C@H](Cc2cccs2)C(=O)NC[C@@H](C)O)c1. The van der Waals surface area contributed by atoms with E-state index in [1.807, 2.05) is 73.0 Å². The fourth-order valence-corrected chi connectivity index (χ4v) is 5.80. The molecule has 3 amide bonds. The molecular weight excluding hydrogens is 560 g/mol. The summed E-state index contributed by atoms with van der Waals surface area (Å²) in [7, 11) is 3.23. The van der Waals surface area contributed by atoms with Gasteiger partial charge in [-0.15, -0.1) is 11.3 Å². The summed E-state index contributed by atoms with van der Waals surface area (Å²) in [5.74, 6) is -1.04. The Labute approximate surface area is 257 Å². The Morgan fingerprint density at radius 2 is 1.60 bits per heavy atom. The van der Waals surface area contributed by atoms with Crippen molar-refractivity contribution >= 4 is 39.8 Å². The van der Waals surface area contributed by atoms with Gasteiger partial charge in [0.25, 0.3) is 5.91 Å². The molecule has 0 aliphatic rings.